The van der Waals surface area contributed by atoms with E-state index in [1.54, 1.807) is 17.0 Å². The summed E-state index contributed by atoms with van der Waals surface area (Å²) < 4.78 is 0. The quantitative estimate of drug-likeness (QED) is 0.528. The molecule has 2 heterocycles. The minimum Gasteiger partial charge on any atom is -0.368 e. The van der Waals surface area contributed by atoms with Gasteiger partial charge in [0.2, 0.25) is 5.91 Å². The number of para-hydroxylation sites is 1. The second-order valence-electron chi connectivity index (χ2n) is 9.41. The monoisotopic (exact) mass is 487 g/mol. The number of likely N-dealkylation sites (tertiary alicyclic amines) is 1. The fraction of sp³-hybridized carbons (Fsp3) is 0.310. The summed E-state index contributed by atoms with van der Waals surface area (Å²) in [6.45, 7) is 6.02. The molecule has 2 saturated heterocycles. The summed E-state index contributed by atoms with van der Waals surface area (Å²) in [5.41, 5.74) is 4.07. The maximum atomic E-state index is 13.8. The standard InChI is InChI=1S/C29H30ClN3O2/c1-21-9-5-8-14-27(21)31-15-17-32(18-16-31)29(35)25-20-33(19-24(25)22-10-3-2-4-11-22)28(34)23-12-6-7-13-26(23)30/h2-14,24-25H,15-20H2,1H3. The van der Waals surface area contributed by atoms with Crippen molar-refractivity contribution >= 4 is 29.1 Å². The number of hydrogen-bond acceptors (Lipinski definition) is 3. The van der Waals surface area contributed by atoms with Gasteiger partial charge in [-0.05, 0) is 36.2 Å². The Morgan fingerprint density at radius 1 is 0.771 bits per heavy atom. The van der Waals surface area contributed by atoms with E-state index in [0.29, 0.717) is 36.8 Å². The zero-order valence-electron chi connectivity index (χ0n) is 19.9. The molecular weight excluding hydrogens is 458 g/mol. The number of benzene rings is 3. The Kier molecular flexibility index (Phi) is 6.78. The van der Waals surface area contributed by atoms with E-state index >= 15 is 0 Å². The predicted molar refractivity (Wildman–Crippen MR) is 140 cm³/mol. The van der Waals surface area contributed by atoms with E-state index < -0.39 is 0 Å². The van der Waals surface area contributed by atoms with Crippen LogP contribution in [-0.2, 0) is 4.79 Å². The molecule has 2 unspecified atom stereocenters. The normalized spacial score (nSPS) is 20.2. The molecule has 3 aromatic carbocycles. The third-order valence-corrected chi connectivity index (χ3v) is 7.63. The first-order valence-electron chi connectivity index (χ1n) is 12.2. The lowest BCUT2D eigenvalue weighted by atomic mass is 9.88. The van der Waals surface area contributed by atoms with Crippen LogP contribution in [0.1, 0.15) is 27.4 Å². The first-order valence-corrected chi connectivity index (χ1v) is 12.6. The Morgan fingerprint density at radius 3 is 2.14 bits per heavy atom. The second-order valence-corrected chi connectivity index (χ2v) is 9.82. The number of piperazine rings is 1. The first-order chi connectivity index (χ1) is 17.0. The largest absolute Gasteiger partial charge is 0.368 e. The molecule has 0 N–H and O–H groups in total. The van der Waals surface area contributed by atoms with Crippen molar-refractivity contribution in [2.24, 2.45) is 5.92 Å². The number of carbonyl (C=O) groups is 2. The molecule has 0 radical (unpaired) electrons. The summed E-state index contributed by atoms with van der Waals surface area (Å²) in [5, 5.41) is 0.441. The molecule has 180 valence electrons. The van der Waals surface area contributed by atoms with E-state index in [1.807, 2.05) is 35.2 Å². The molecule has 3 aromatic rings. The summed E-state index contributed by atoms with van der Waals surface area (Å²) in [4.78, 5) is 33.3. The van der Waals surface area contributed by atoms with Gasteiger partial charge in [0.25, 0.3) is 5.91 Å². The summed E-state index contributed by atoms with van der Waals surface area (Å²) in [5.74, 6) is -0.285. The average Bonchev–Trinajstić information content (AvgIpc) is 3.35. The van der Waals surface area contributed by atoms with Gasteiger partial charge in [0, 0.05) is 50.9 Å². The molecular formula is C29H30ClN3O2. The minimum absolute atomic E-state index is 0.0375. The molecule has 6 heteroatoms. The van der Waals surface area contributed by atoms with Crippen LogP contribution in [0.5, 0.6) is 0 Å². The smallest absolute Gasteiger partial charge is 0.255 e. The van der Waals surface area contributed by atoms with Crippen LogP contribution >= 0.6 is 11.6 Å². The first kappa shape index (κ1) is 23.4. The highest BCUT2D eigenvalue weighted by atomic mass is 35.5. The SMILES string of the molecule is Cc1ccccc1N1CCN(C(=O)C2CN(C(=O)c3ccccc3Cl)CC2c2ccccc2)CC1. The average molecular weight is 488 g/mol. The molecule has 5 nitrogen and oxygen atoms in total. The maximum Gasteiger partial charge on any atom is 0.255 e. The Morgan fingerprint density at radius 2 is 1.43 bits per heavy atom. The number of anilines is 1. The van der Waals surface area contributed by atoms with Crippen LogP contribution in [-0.4, -0.2) is 60.9 Å². The van der Waals surface area contributed by atoms with Crippen molar-refractivity contribution < 1.29 is 9.59 Å². The number of hydrogen-bond donors (Lipinski definition) is 0. The lowest BCUT2D eigenvalue weighted by Gasteiger charge is -2.38. The highest BCUT2D eigenvalue weighted by molar-refractivity contribution is 6.33. The van der Waals surface area contributed by atoms with Gasteiger partial charge in [-0.15, -0.1) is 0 Å². The molecule has 0 bridgehead atoms. The van der Waals surface area contributed by atoms with Gasteiger partial charge in [0.15, 0.2) is 0 Å². The predicted octanol–water partition coefficient (Wildman–Crippen LogP) is 4.85. The van der Waals surface area contributed by atoms with Crippen molar-refractivity contribution in [1.29, 1.82) is 0 Å². The Labute approximate surface area is 211 Å². The molecule has 0 aromatic heterocycles. The number of amides is 2. The van der Waals surface area contributed by atoms with Crippen LogP contribution < -0.4 is 4.90 Å². The van der Waals surface area contributed by atoms with Crippen LogP contribution in [0.25, 0.3) is 0 Å². The van der Waals surface area contributed by atoms with Crippen molar-refractivity contribution in [1.82, 2.24) is 9.80 Å². The lowest BCUT2D eigenvalue weighted by Crippen LogP contribution is -2.51. The van der Waals surface area contributed by atoms with Crippen LogP contribution in [0.3, 0.4) is 0 Å². The second kappa shape index (κ2) is 10.1. The lowest BCUT2D eigenvalue weighted by molar-refractivity contribution is -0.135. The molecule has 2 amide bonds. The van der Waals surface area contributed by atoms with Crippen LogP contribution in [0.15, 0.2) is 78.9 Å². The zero-order chi connectivity index (χ0) is 24.4. The minimum atomic E-state index is -0.270. The highest BCUT2D eigenvalue weighted by Crippen LogP contribution is 2.36. The molecule has 2 atom stereocenters. The van der Waals surface area contributed by atoms with E-state index in [1.165, 1.54) is 11.3 Å². The van der Waals surface area contributed by atoms with Gasteiger partial charge in [-0.3, -0.25) is 9.59 Å². The van der Waals surface area contributed by atoms with E-state index in [9.17, 15) is 9.59 Å². The Balaban J connectivity index is 1.34. The molecule has 35 heavy (non-hydrogen) atoms. The number of rotatable bonds is 4. The van der Waals surface area contributed by atoms with Crippen molar-refractivity contribution in [2.75, 3.05) is 44.2 Å². The number of halogens is 1. The van der Waals surface area contributed by atoms with Gasteiger partial charge in [-0.1, -0.05) is 72.3 Å². The number of nitrogens with zero attached hydrogens (tertiary/aromatic N) is 3. The Bertz CT molecular complexity index is 1210. The van der Waals surface area contributed by atoms with Crippen molar-refractivity contribution in [2.45, 2.75) is 12.8 Å². The van der Waals surface area contributed by atoms with Crippen LogP contribution in [0.4, 0.5) is 5.69 Å². The molecule has 0 aliphatic carbocycles. The van der Waals surface area contributed by atoms with Gasteiger partial charge in [-0.25, -0.2) is 0 Å². The fourth-order valence-corrected chi connectivity index (χ4v) is 5.60. The zero-order valence-corrected chi connectivity index (χ0v) is 20.7. The maximum absolute atomic E-state index is 13.8. The van der Waals surface area contributed by atoms with E-state index in [0.717, 1.165) is 18.7 Å². The summed E-state index contributed by atoms with van der Waals surface area (Å²) in [6.07, 6.45) is 0. The van der Waals surface area contributed by atoms with Crippen LogP contribution in [0, 0.1) is 12.8 Å². The molecule has 2 aliphatic heterocycles. The molecule has 0 saturated carbocycles. The number of carbonyl (C=O) groups excluding carboxylic acids is 2. The van der Waals surface area contributed by atoms with Crippen LogP contribution in [0.2, 0.25) is 5.02 Å². The molecule has 2 aliphatic rings. The third-order valence-electron chi connectivity index (χ3n) is 7.30. The summed E-state index contributed by atoms with van der Waals surface area (Å²) in [6, 6.07) is 25.6. The van der Waals surface area contributed by atoms with Gasteiger partial charge >= 0.3 is 0 Å². The van der Waals surface area contributed by atoms with Gasteiger partial charge < -0.3 is 14.7 Å². The summed E-state index contributed by atoms with van der Waals surface area (Å²) in [7, 11) is 0. The topological polar surface area (TPSA) is 43.9 Å². The van der Waals surface area contributed by atoms with Crippen molar-refractivity contribution in [3.8, 4) is 0 Å². The highest BCUT2D eigenvalue weighted by Gasteiger charge is 2.42. The van der Waals surface area contributed by atoms with Gasteiger partial charge in [0.05, 0.1) is 16.5 Å². The Hall–Kier alpha value is -3.31. The van der Waals surface area contributed by atoms with Gasteiger partial charge in [-0.2, -0.15) is 0 Å². The van der Waals surface area contributed by atoms with Gasteiger partial charge in [0.1, 0.15) is 0 Å². The third kappa shape index (κ3) is 4.78. The fourth-order valence-electron chi connectivity index (χ4n) is 5.38. The summed E-state index contributed by atoms with van der Waals surface area (Å²) >= 11 is 6.32. The van der Waals surface area contributed by atoms with Crippen molar-refractivity contribution in [3.63, 3.8) is 0 Å². The van der Waals surface area contributed by atoms with E-state index in [2.05, 4.69) is 48.2 Å². The molecule has 2 fully saturated rings. The van der Waals surface area contributed by atoms with E-state index in [4.69, 9.17) is 11.6 Å². The molecule has 5 rings (SSSR count). The van der Waals surface area contributed by atoms with E-state index in [-0.39, 0.29) is 23.7 Å². The molecule has 0 spiro atoms. The van der Waals surface area contributed by atoms with Crippen molar-refractivity contribution in [3.05, 3.63) is 101 Å². The number of aryl methyl sites for hydroxylation is 1.